The molecule has 1 aromatic carbocycles. The summed E-state index contributed by atoms with van der Waals surface area (Å²) in [6.45, 7) is 0.438. The monoisotopic (exact) mass is 235 g/mol. The average molecular weight is 235 g/mol. The lowest BCUT2D eigenvalue weighted by atomic mass is 10.2. The maximum absolute atomic E-state index is 11.4. The van der Waals surface area contributed by atoms with E-state index in [0.29, 0.717) is 0 Å². The van der Waals surface area contributed by atoms with Gasteiger partial charge in [0.25, 0.3) is 0 Å². The van der Waals surface area contributed by atoms with Crippen LogP contribution in [0.1, 0.15) is 12.0 Å². The molecule has 90 valence electrons. The van der Waals surface area contributed by atoms with E-state index >= 15 is 0 Å². The van der Waals surface area contributed by atoms with Gasteiger partial charge in [0.1, 0.15) is 13.2 Å². The van der Waals surface area contributed by atoms with Gasteiger partial charge in [0, 0.05) is 0 Å². The zero-order chi connectivity index (χ0) is 12.1. The molecule has 0 bridgehead atoms. The van der Waals surface area contributed by atoms with Gasteiger partial charge in [-0.1, -0.05) is 30.3 Å². The van der Waals surface area contributed by atoms with Crippen molar-refractivity contribution in [1.29, 1.82) is 0 Å². The van der Waals surface area contributed by atoms with E-state index in [4.69, 9.17) is 9.47 Å². The summed E-state index contributed by atoms with van der Waals surface area (Å²) in [6, 6.07) is 9.11. The maximum Gasteiger partial charge on any atom is 0.407 e. The number of rotatable bonds is 3. The van der Waals surface area contributed by atoms with E-state index < -0.39 is 6.09 Å². The first-order valence-electron chi connectivity index (χ1n) is 5.37. The molecule has 5 heteroatoms. The van der Waals surface area contributed by atoms with Crippen LogP contribution in [0.4, 0.5) is 4.79 Å². The Bertz CT molecular complexity index is 404. The molecule has 1 amide bonds. The SMILES string of the molecule is O=C1C[C@@H](NC(=O)OCc2ccccc2)CO1. The van der Waals surface area contributed by atoms with Crippen LogP contribution in [0.3, 0.4) is 0 Å². The van der Waals surface area contributed by atoms with Crippen LogP contribution in [-0.4, -0.2) is 24.7 Å². The van der Waals surface area contributed by atoms with Gasteiger partial charge in [-0.25, -0.2) is 4.79 Å². The summed E-state index contributed by atoms with van der Waals surface area (Å²) in [6.07, 6.45) is -0.322. The fraction of sp³-hybridized carbons (Fsp3) is 0.333. The van der Waals surface area contributed by atoms with Crippen LogP contribution in [0, 0.1) is 0 Å². The first kappa shape index (κ1) is 11.4. The van der Waals surface area contributed by atoms with E-state index in [1.54, 1.807) is 0 Å². The summed E-state index contributed by atoms with van der Waals surface area (Å²) in [5, 5.41) is 2.57. The van der Waals surface area contributed by atoms with Crippen molar-refractivity contribution >= 4 is 12.1 Å². The molecule has 17 heavy (non-hydrogen) atoms. The molecule has 1 heterocycles. The Morgan fingerprint density at radius 3 is 2.82 bits per heavy atom. The second-order valence-electron chi connectivity index (χ2n) is 3.79. The number of carbonyl (C=O) groups is 2. The fourth-order valence-electron chi connectivity index (χ4n) is 1.54. The Kier molecular flexibility index (Phi) is 3.59. The van der Waals surface area contributed by atoms with Gasteiger partial charge < -0.3 is 14.8 Å². The molecule has 1 aliphatic heterocycles. The van der Waals surface area contributed by atoms with Crippen LogP contribution in [-0.2, 0) is 20.9 Å². The van der Waals surface area contributed by atoms with Crippen LogP contribution in [0.25, 0.3) is 0 Å². The molecule has 0 radical (unpaired) electrons. The van der Waals surface area contributed by atoms with Crippen molar-refractivity contribution in [2.24, 2.45) is 0 Å². The Labute approximate surface area is 98.7 Å². The van der Waals surface area contributed by atoms with Gasteiger partial charge in [-0.05, 0) is 5.56 Å². The number of alkyl carbamates (subject to hydrolysis) is 1. The lowest BCUT2D eigenvalue weighted by Crippen LogP contribution is -2.35. The van der Waals surface area contributed by atoms with Gasteiger partial charge in [-0.3, -0.25) is 4.79 Å². The first-order valence-corrected chi connectivity index (χ1v) is 5.37. The molecule has 0 saturated carbocycles. The molecule has 0 aliphatic carbocycles. The van der Waals surface area contributed by atoms with E-state index in [1.807, 2.05) is 30.3 Å². The van der Waals surface area contributed by atoms with Crippen LogP contribution in [0.5, 0.6) is 0 Å². The number of amides is 1. The average Bonchev–Trinajstić information content (AvgIpc) is 2.73. The van der Waals surface area contributed by atoms with E-state index in [0.717, 1.165) is 5.56 Å². The summed E-state index contributed by atoms with van der Waals surface area (Å²) in [7, 11) is 0. The standard InChI is InChI=1S/C12H13NO4/c14-11-6-10(8-16-11)13-12(15)17-7-9-4-2-1-3-5-9/h1-5,10H,6-8H2,(H,13,15)/t10-/m1/s1. The van der Waals surface area contributed by atoms with Crippen molar-refractivity contribution in [2.75, 3.05) is 6.61 Å². The van der Waals surface area contributed by atoms with Crippen molar-refractivity contribution in [1.82, 2.24) is 5.32 Å². The normalized spacial score (nSPS) is 18.6. The highest BCUT2D eigenvalue weighted by atomic mass is 16.6. The van der Waals surface area contributed by atoms with Crippen LogP contribution in [0.15, 0.2) is 30.3 Å². The van der Waals surface area contributed by atoms with Gasteiger partial charge in [-0.2, -0.15) is 0 Å². The molecule has 0 unspecified atom stereocenters. The number of esters is 1. The van der Waals surface area contributed by atoms with Crippen LogP contribution >= 0.6 is 0 Å². The topological polar surface area (TPSA) is 64.6 Å². The molecular formula is C12H13NO4. The van der Waals surface area contributed by atoms with Gasteiger partial charge in [0.15, 0.2) is 0 Å². The second-order valence-corrected chi connectivity index (χ2v) is 3.79. The number of nitrogens with one attached hydrogen (secondary N) is 1. The van der Waals surface area contributed by atoms with Gasteiger partial charge in [0.05, 0.1) is 12.5 Å². The Balaban J connectivity index is 1.73. The molecule has 1 fully saturated rings. The quantitative estimate of drug-likeness (QED) is 0.800. The lowest BCUT2D eigenvalue weighted by Gasteiger charge is -2.10. The smallest absolute Gasteiger partial charge is 0.407 e. The minimum atomic E-state index is -0.530. The van der Waals surface area contributed by atoms with Gasteiger partial charge >= 0.3 is 12.1 Å². The number of hydrogen-bond acceptors (Lipinski definition) is 4. The van der Waals surface area contributed by atoms with Crippen molar-refractivity contribution < 1.29 is 19.1 Å². The first-order chi connectivity index (χ1) is 8.24. The summed E-state index contributed by atoms with van der Waals surface area (Å²) in [5.74, 6) is -0.293. The molecule has 2 rings (SSSR count). The molecule has 0 spiro atoms. The van der Waals surface area contributed by atoms with Crippen LogP contribution in [0.2, 0.25) is 0 Å². The summed E-state index contributed by atoms with van der Waals surface area (Å²) in [4.78, 5) is 22.2. The predicted molar refractivity (Wildman–Crippen MR) is 59.1 cm³/mol. The molecular weight excluding hydrogens is 222 g/mol. The van der Waals surface area contributed by atoms with Crippen molar-refractivity contribution in [3.8, 4) is 0 Å². The van der Waals surface area contributed by atoms with Gasteiger partial charge in [0.2, 0.25) is 0 Å². The molecule has 1 saturated heterocycles. The third-order valence-corrected chi connectivity index (χ3v) is 2.39. The molecule has 1 N–H and O–H groups in total. The van der Waals surface area contributed by atoms with E-state index in [1.165, 1.54) is 0 Å². The largest absolute Gasteiger partial charge is 0.463 e. The highest BCUT2D eigenvalue weighted by Gasteiger charge is 2.25. The summed E-state index contributed by atoms with van der Waals surface area (Å²) >= 11 is 0. The highest BCUT2D eigenvalue weighted by Crippen LogP contribution is 2.06. The van der Waals surface area contributed by atoms with Crippen molar-refractivity contribution in [3.63, 3.8) is 0 Å². The zero-order valence-corrected chi connectivity index (χ0v) is 9.22. The lowest BCUT2D eigenvalue weighted by molar-refractivity contribution is -0.137. The predicted octanol–water partition coefficient (Wildman–Crippen LogP) is 1.23. The number of benzene rings is 1. The number of hydrogen-bond donors (Lipinski definition) is 1. The van der Waals surface area contributed by atoms with Crippen molar-refractivity contribution in [3.05, 3.63) is 35.9 Å². The molecule has 1 aromatic rings. The fourth-order valence-corrected chi connectivity index (χ4v) is 1.54. The summed E-state index contributed by atoms with van der Waals surface area (Å²) in [5.41, 5.74) is 0.918. The van der Waals surface area contributed by atoms with Crippen LogP contribution < -0.4 is 5.32 Å². The number of ether oxygens (including phenoxy) is 2. The molecule has 0 aromatic heterocycles. The third kappa shape index (κ3) is 3.48. The minimum Gasteiger partial charge on any atom is -0.463 e. The Morgan fingerprint density at radius 1 is 1.41 bits per heavy atom. The molecule has 1 atom stereocenters. The third-order valence-electron chi connectivity index (χ3n) is 2.39. The van der Waals surface area contributed by atoms with Gasteiger partial charge in [-0.15, -0.1) is 0 Å². The van der Waals surface area contributed by atoms with E-state index in [2.05, 4.69) is 5.32 Å². The second kappa shape index (κ2) is 5.34. The Hall–Kier alpha value is -2.04. The number of carbonyl (C=O) groups excluding carboxylic acids is 2. The highest BCUT2D eigenvalue weighted by molar-refractivity contribution is 5.74. The Morgan fingerprint density at radius 2 is 2.18 bits per heavy atom. The number of cyclic esters (lactones) is 1. The molecule has 5 nitrogen and oxygen atoms in total. The van der Waals surface area contributed by atoms with E-state index in [9.17, 15) is 9.59 Å². The maximum atomic E-state index is 11.4. The van der Waals surface area contributed by atoms with E-state index in [-0.39, 0.29) is 31.6 Å². The molecule has 1 aliphatic rings. The minimum absolute atomic E-state index is 0.209. The summed E-state index contributed by atoms with van der Waals surface area (Å²) < 4.78 is 9.73. The van der Waals surface area contributed by atoms with Crippen molar-refractivity contribution in [2.45, 2.75) is 19.1 Å². The zero-order valence-electron chi connectivity index (χ0n) is 9.22.